The molecule has 2 aliphatic heterocycles. The molecular weight excluding hydrogens is 266 g/mol. The second kappa shape index (κ2) is 4.63. The number of alkyl halides is 2. The molecule has 1 atom stereocenters. The highest BCUT2D eigenvalue weighted by Gasteiger charge is 2.41. The van der Waals surface area contributed by atoms with Crippen molar-refractivity contribution in [2.45, 2.75) is 24.8 Å². The molecule has 2 aliphatic rings. The summed E-state index contributed by atoms with van der Waals surface area (Å²) in [5, 5.41) is 2.94. The highest BCUT2D eigenvalue weighted by Crippen LogP contribution is 2.29. The van der Waals surface area contributed by atoms with Gasteiger partial charge in [0, 0.05) is 32.0 Å². The minimum atomic E-state index is -2.73. The molecule has 0 aromatic heterocycles. The first-order valence-corrected chi connectivity index (χ1v) is 6.54. The number of hydrogen-bond donors (Lipinski definition) is 1. The fourth-order valence-corrected chi connectivity index (χ4v) is 2.75. The molecule has 1 aromatic carbocycles. The standard InChI is InChI=1S/C14H14F2N2O2/c15-14(16)5-6-17-9(7-14)8-18-12(19)10-3-1-2-4-11(10)13(18)20/h1-4,9,17H,5-8H2/t9-/m0/s1. The van der Waals surface area contributed by atoms with Crippen molar-refractivity contribution in [1.29, 1.82) is 0 Å². The van der Waals surface area contributed by atoms with Crippen LogP contribution in [0.5, 0.6) is 0 Å². The Bertz CT molecular complexity index is 539. The highest BCUT2D eigenvalue weighted by atomic mass is 19.3. The smallest absolute Gasteiger partial charge is 0.261 e. The van der Waals surface area contributed by atoms with Gasteiger partial charge in [-0.2, -0.15) is 0 Å². The lowest BCUT2D eigenvalue weighted by molar-refractivity contribution is -0.0433. The molecule has 0 unspecified atom stereocenters. The van der Waals surface area contributed by atoms with Gasteiger partial charge in [-0.05, 0) is 12.1 Å². The predicted molar refractivity (Wildman–Crippen MR) is 67.8 cm³/mol. The highest BCUT2D eigenvalue weighted by molar-refractivity contribution is 6.21. The lowest BCUT2D eigenvalue weighted by Gasteiger charge is -2.32. The summed E-state index contributed by atoms with van der Waals surface area (Å²) >= 11 is 0. The molecule has 3 rings (SSSR count). The molecule has 106 valence electrons. The van der Waals surface area contributed by atoms with Crippen molar-refractivity contribution < 1.29 is 18.4 Å². The van der Waals surface area contributed by atoms with E-state index in [1.54, 1.807) is 24.3 Å². The Hall–Kier alpha value is -1.82. The summed E-state index contributed by atoms with van der Waals surface area (Å²) in [6, 6.07) is 5.97. The maximum absolute atomic E-state index is 13.4. The van der Waals surface area contributed by atoms with E-state index in [9.17, 15) is 18.4 Å². The van der Waals surface area contributed by atoms with Crippen LogP contribution in [-0.4, -0.2) is 41.8 Å². The molecular formula is C14H14F2N2O2. The van der Waals surface area contributed by atoms with E-state index in [-0.39, 0.29) is 25.9 Å². The molecule has 1 aromatic rings. The first-order valence-electron chi connectivity index (χ1n) is 6.54. The summed E-state index contributed by atoms with van der Waals surface area (Å²) in [5.74, 6) is -3.53. The van der Waals surface area contributed by atoms with E-state index in [1.165, 1.54) is 0 Å². The van der Waals surface area contributed by atoms with Gasteiger partial charge in [-0.1, -0.05) is 12.1 Å². The van der Waals surface area contributed by atoms with Crippen LogP contribution in [0.3, 0.4) is 0 Å². The average molecular weight is 280 g/mol. The zero-order valence-corrected chi connectivity index (χ0v) is 10.7. The van der Waals surface area contributed by atoms with Crippen molar-refractivity contribution in [3.8, 4) is 0 Å². The van der Waals surface area contributed by atoms with Gasteiger partial charge in [0.1, 0.15) is 0 Å². The topological polar surface area (TPSA) is 49.4 Å². The Labute approximate surface area is 114 Å². The molecule has 0 aliphatic carbocycles. The molecule has 2 heterocycles. The predicted octanol–water partition coefficient (Wildman–Crippen LogP) is 1.67. The van der Waals surface area contributed by atoms with Gasteiger partial charge >= 0.3 is 0 Å². The van der Waals surface area contributed by atoms with Gasteiger partial charge in [0.05, 0.1) is 11.1 Å². The number of hydrogen-bond acceptors (Lipinski definition) is 3. The monoisotopic (exact) mass is 280 g/mol. The maximum atomic E-state index is 13.4. The van der Waals surface area contributed by atoms with Crippen molar-refractivity contribution in [3.63, 3.8) is 0 Å². The average Bonchev–Trinajstić information content (AvgIpc) is 2.64. The summed E-state index contributed by atoms with van der Waals surface area (Å²) in [6.07, 6.45) is -0.550. The molecule has 0 saturated carbocycles. The number of carbonyl (C=O) groups is 2. The Balaban J connectivity index is 1.77. The number of halogens is 2. The zero-order chi connectivity index (χ0) is 14.3. The molecule has 2 amide bonds. The number of carbonyl (C=O) groups excluding carboxylic acids is 2. The number of rotatable bonds is 2. The summed E-state index contributed by atoms with van der Waals surface area (Å²) in [7, 11) is 0. The summed E-state index contributed by atoms with van der Waals surface area (Å²) in [6.45, 7) is 0.183. The fraction of sp³-hybridized carbons (Fsp3) is 0.429. The van der Waals surface area contributed by atoms with E-state index in [0.717, 1.165) is 4.90 Å². The van der Waals surface area contributed by atoms with Gasteiger partial charge in [-0.25, -0.2) is 8.78 Å². The minimum Gasteiger partial charge on any atom is -0.312 e. The number of piperidine rings is 1. The van der Waals surface area contributed by atoms with E-state index in [4.69, 9.17) is 0 Å². The van der Waals surface area contributed by atoms with Crippen molar-refractivity contribution in [1.82, 2.24) is 10.2 Å². The first kappa shape index (κ1) is 13.2. The number of imide groups is 1. The molecule has 0 radical (unpaired) electrons. The maximum Gasteiger partial charge on any atom is 0.261 e. The summed E-state index contributed by atoms with van der Waals surface area (Å²) in [5.41, 5.74) is 0.695. The lowest BCUT2D eigenvalue weighted by atomic mass is 10.0. The van der Waals surface area contributed by atoms with E-state index >= 15 is 0 Å². The molecule has 0 bridgehead atoms. The number of fused-ring (bicyclic) bond motifs is 1. The number of amides is 2. The van der Waals surface area contributed by atoms with Crippen LogP contribution in [0.1, 0.15) is 33.6 Å². The SMILES string of the molecule is O=C1c2ccccc2C(=O)N1C[C@@H]1CC(F)(F)CCN1. The van der Waals surface area contributed by atoms with Crippen LogP contribution in [-0.2, 0) is 0 Å². The van der Waals surface area contributed by atoms with Gasteiger partial charge in [-0.15, -0.1) is 0 Å². The van der Waals surface area contributed by atoms with Gasteiger partial charge in [0.2, 0.25) is 0 Å². The Morgan fingerprint density at radius 3 is 2.35 bits per heavy atom. The van der Waals surface area contributed by atoms with Crippen molar-refractivity contribution in [3.05, 3.63) is 35.4 Å². The number of nitrogens with one attached hydrogen (secondary N) is 1. The van der Waals surface area contributed by atoms with Crippen LogP contribution in [0.15, 0.2) is 24.3 Å². The minimum absolute atomic E-state index is 0.0120. The zero-order valence-electron chi connectivity index (χ0n) is 10.7. The third-order valence-electron chi connectivity index (χ3n) is 3.75. The van der Waals surface area contributed by atoms with E-state index < -0.39 is 23.8 Å². The van der Waals surface area contributed by atoms with Crippen molar-refractivity contribution in [2.24, 2.45) is 0 Å². The first-order chi connectivity index (χ1) is 9.48. The molecule has 0 spiro atoms. The van der Waals surface area contributed by atoms with E-state index in [0.29, 0.717) is 11.1 Å². The van der Waals surface area contributed by atoms with Crippen LogP contribution < -0.4 is 5.32 Å². The molecule has 20 heavy (non-hydrogen) atoms. The van der Waals surface area contributed by atoms with E-state index in [2.05, 4.69) is 5.32 Å². The number of nitrogens with zero attached hydrogens (tertiary/aromatic N) is 1. The van der Waals surface area contributed by atoms with Gasteiger partial charge in [-0.3, -0.25) is 14.5 Å². The second-order valence-electron chi connectivity index (χ2n) is 5.23. The lowest BCUT2D eigenvalue weighted by Crippen LogP contribution is -2.50. The van der Waals surface area contributed by atoms with Crippen LogP contribution in [0, 0.1) is 0 Å². The fourth-order valence-electron chi connectivity index (χ4n) is 2.75. The Kier molecular flexibility index (Phi) is 3.05. The van der Waals surface area contributed by atoms with Gasteiger partial charge < -0.3 is 5.32 Å². The van der Waals surface area contributed by atoms with Crippen LogP contribution in [0.2, 0.25) is 0 Å². The molecule has 4 nitrogen and oxygen atoms in total. The Morgan fingerprint density at radius 1 is 1.20 bits per heavy atom. The van der Waals surface area contributed by atoms with Crippen LogP contribution in [0.4, 0.5) is 8.78 Å². The normalized spacial score (nSPS) is 24.9. The van der Waals surface area contributed by atoms with Gasteiger partial charge in [0.15, 0.2) is 0 Å². The van der Waals surface area contributed by atoms with Crippen LogP contribution in [0.25, 0.3) is 0 Å². The third-order valence-corrected chi connectivity index (χ3v) is 3.75. The Morgan fingerprint density at radius 2 is 1.80 bits per heavy atom. The summed E-state index contributed by atoms with van der Waals surface area (Å²) in [4.78, 5) is 25.3. The largest absolute Gasteiger partial charge is 0.312 e. The molecule has 1 fully saturated rings. The second-order valence-corrected chi connectivity index (χ2v) is 5.23. The molecule has 1 N–H and O–H groups in total. The molecule has 6 heteroatoms. The molecule has 1 saturated heterocycles. The third kappa shape index (κ3) is 2.20. The number of benzene rings is 1. The quantitative estimate of drug-likeness (QED) is 0.838. The van der Waals surface area contributed by atoms with Crippen molar-refractivity contribution in [2.75, 3.05) is 13.1 Å². The van der Waals surface area contributed by atoms with Gasteiger partial charge in [0.25, 0.3) is 17.7 Å². The summed E-state index contributed by atoms with van der Waals surface area (Å²) < 4.78 is 26.7. The van der Waals surface area contributed by atoms with Crippen molar-refractivity contribution >= 4 is 11.8 Å². The van der Waals surface area contributed by atoms with E-state index in [1.807, 2.05) is 0 Å². The van der Waals surface area contributed by atoms with Crippen LogP contribution >= 0.6 is 0 Å².